The van der Waals surface area contributed by atoms with Crippen molar-refractivity contribution in [3.05, 3.63) is 23.1 Å². The van der Waals surface area contributed by atoms with Gasteiger partial charge in [-0.2, -0.15) is 5.10 Å². The van der Waals surface area contributed by atoms with Crippen LogP contribution < -0.4 is 5.73 Å². The lowest BCUT2D eigenvalue weighted by Gasteiger charge is -2.09. The zero-order chi connectivity index (χ0) is 13.6. The lowest BCUT2D eigenvalue weighted by Crippen LogP contribution is -2.04. The molecule has 6 heteroatoms. The molecule has 0 spiro atoms. The van der Waals surface area contributed by atoms with Crippen molar-refractivity contribution in [2.75, 3.05) is 5.73 Å². The van der Waals surface area contributed by atoms with Crippen LogP contribution in [0.3, 0.4) is 0 Å². The molecule has 0 amide bonds. The van der Waals surface area contributed by atoms with Crippen molar-refractivity contribution in [2.24, 2.45) is 7.05 Å². The second-order valence-corrected chi connectivity index (χ2v) is 6.03. The molecule has 19 heavy (non-hydrogen) atoms. The summed E-state index contributed by atoms with van der Waals surface area (Å²) in [5.41, 5.74) is 7.96. The minimum absolute atomic E-state index is 0.510. The highest BCUT2D eigenvalue weighted by Crippen LogP contribution is 2.40. The van der Waals surface area contributed by atoms with Gasteiger partial charge in [0.15, 0.2) is 0 Å². The molecule has 2 aromatic rings. The highest BCUT2D eigenvalue weighted by molar-refractivity contribution is 7.99. The van der Waals surface area contributed by atoms with E-state index in [1.807, 2.05) is 25.6 Å². The maximum Gasteiger partial charge on any atom is 0.135 e. The van der Waals surface area contributed by atoms with E-state index >= 15 is 0 Å². The first-order valence-electron chi connectivity index (χ1n) is 6.37. The van der Waals surface area contributed by atoms with Crippen LogP contribution in [-0.2, 0) is 7.05 Å². The van der Waals surface area contributed by atoms with Crippen LogP contribution in [0.4, 0.5) is 5.82 Å². The van der Waals surface area contributed by atoms with Crippen molar-refractivity contribution in [2.45, 2.75) is 42.7 Å². The van der Waals surface area contributed by atoms with Crippen molar-refractivity contribution in [3.63, 3.8) is 0 Å². The van der Waals surface area contributed by atoms with E-state index in [1.54, 1.807) is 11.8 Å². The van der Waals surface area contributed by atoms with Crippen LogP contribution in [0.1, 0.15) is 35.8 Å². The van der Waals surface area contributed by atoms with Gasteiger partial charge in [-0.15, -0.1) is 0 Å². The van der Waals surface area contributed by atoms with Gasteiger partial charge in [-0.05, 0) is 44.5 Å². The Morgan fingerprint density at radius 3 is 2.63 bits per heavy atom. The fourth-order valence-electron chi connectivity index (χ4n) is 1.93. The van der Waals surface area contributed by atoms with Crippen LogP contribution in [0.15, 0.2) is 16.1 Å². The molecule has 5 nitrogen and oxygen atoms in total. The molecule has 3 rings (SSSR count). The third-order valence-electron chi connectivity index (χ3n) is 3.26. The van der Waals surface area contributed by atoms with Crippen LogP contribution in [0.2, 0.25) is 0 Å². The summed E-state index contributed by atoms with van der Waals surface area (Å²) in [5.74, 6) is 2.00. The summed E-state index contributed by atoms with van der Waals surface area (Å²) in [7, 11) is 1.94. The molecule has 2 aromatic heterocycles. The van der Waals surface area contributed by atoms with Gasteiger partial charge in [0.2, 0.25) is 0 Å². The van der Waals surface area contributed by atoms with E-state index in [4.69, 9.17) is 5.73 Å². The van der Waals surface area contributed by atoms with Gasteiger partial charge < -0.3 is 5.73 Å². The molecule has 1 aliphatic rings. The molecule has 0 unspecified atom stereocenters. The summed E-state index contributed by atoms with van der Waals surface area (Å²) in [6.07, 6.45) is 2.36. The minimum atomic E-state index is 0.510. The van der Waals surface area contributed by atoms with Gasteiger partial charge in [-0.3, -0.25) is 4.68 Å². The second kappa shape index (κ2) is 4.52. The number of nitrogen functional groups attached to an aromatic ring is 1. The van der Waals surface area contributed by atoms with E-state index in [0.717, 1.165) is 27.1 Å². The third-order valence-corrected chi connectivity index (χ3v) is 4.44. The molecule has 1 aliphatic carbocycles. The Labute approximate surface area is 116 Å². The predicted molar refractivity (Wildman–Crippen MR) is 75.2 cm³/mol. The Morgan fingerprint density at radius 1 is 1.32 bits per heavy atom. The van der Waals surface area contributed by atoms with Gasteiger partial charge in [0.25, 0.3) is 0 Å². The van der Waals surface area contributed by atoms with Crippen LogP contribution >= 0.6 is 11.8 Å². The Bertz CT molecular complexity index is 630. The fourth-order valence-corrected chi connectivity index (χ4v) is 2.93. The lowest BCUT2D eigenvalue weighted by molar-refractivity contribution is 0.691. The maximum atomic E-state index is 6.00. The average Bonchev–Trinajstić information content (AvgIpc) is 3.13. The third kappa shape index (κ3) is 2.45. The first-order chi connectivity index (χ1) is 9.04. The number of rotatable bonds is 3. The van der Waals surface area contributed by atoms with Gasteiger partial charge in [0, 0.05) is 18.5 Å². The number of aromatic nitrogens is 4. The first kappa shape index (κ1) is 12.5. The van der Waals surface area contributed by atoms with E-state index in [-0.39, 0.29) is 0 Å². The summed E-state index contributed by atoms with van der Waals surface area (Å²) < 4.78 is 1.87. The summed E-state index contributed by atoms with van der Waals surface area (Å²) in [5, 5.41) is 6.36. The molecular weight excluding hydrogens is 258 g/mol. The molecule has 0 aromatic carbocycles. The van der Waals surface area contributed by atoms with E-state index in [2.05, 4.69) is 21.1 Å². The number of aryl methyl sites for hydroxylation is 2. The topological polar surface area (TPSA) is 69.6 Å². The van der Waals surface area contributed by atoms with Crippen molar-refractivity contribution in [3.8, 4) is 0 Å². The number of hydrogen-bond donors (Lipinski definition) is 1. The molecule has 2 N–H and O–H groups in total. The molecule has 1 saturated carbocycles. The Kier molecular flexibility index (Phi) is 2.97. The Morgan fingerprint density at radius 2 is 2.05 bits per heavy atom. The van der Waals surface area contributed by atoms with Crippen LogP contribution in [-0.4, -0.2) is 19.7 Å². The smallest absolute Gasteiger partial charge is 0.135 e. The summed E-state index contributed by atoms with van der Waals surface area (Å²) in [6, 6.07) is 2.05. The van der Waals surface area contributed by atoms with Gasteiger partial charge in [0.05, 0.1) is 5.69 Å². The second-order valence-electron chi connectivity index (χ2n) is 5.02. The van der Waals surface area contributed by atoms with Crippen LogP contribution in [0, 0.1) is 13.8 Å². The number of nitrogens with zero attached hydrogens (tertiary/aromatic N) is 4. The Balaban J connectivity index is 1.97. The van der Waals surface area contributed by atoms with E-state index in [9.17, 15) is 0 Å². The standard InChI is InChI=1S/C13H17N5S/c1-7-6-10(18(3)17-7)19-13-8(2)11(14)15-12(16-13)9-4-5-9/h6,9H,4-5H2,1-3H3,(H2,14,15,16). The van der Waals surface area contributed by atoms with Gasteiger partial charge in [-0.1, -0.05) is 0 Å². The molecule has 0 radical (unpaired) electrons. The monoisotopic (exact) mass is 275 g/mol. The van der Waals surface area contributed by atoms with Crippen molar-refractivity contribution >= 4 is 17.6 Å². The highest BCUT2D eigenvalue weighted by atomic mass is 32.2. The van der Waals surface area contributed by atoms with Crippen LogP contribution in [0.5, 0.6) is 0 Å². The van der Waals surface area contributed by atoms with Crippen molar-refractivity contribution in [1.29, 1.82) is 0 Å². The molecule has 2 heterocycles. The van der Waals surface area contributed by atoms with E-state index < -0.39 is 0 Å². The maximum absolute atomic E-state index is 6.00. The molecule has 1 fully saturated rings. The fraction of sp³-hybridized carbons (Fsp3) is 0.462. The molecule has 100 valence electrons. The quantitative estimate of drug-likeness (QED) is 0.871. The zero-order valence-electron chi connectivity index (χ0n) is 11.3. The predicted octanol–water partition coefficient (Wildman–Crippen LogP) is 2.44. The zero-order valence-corrected chi connectivity index (χ0v) is 12.2. The minimum Gasteiger partial charge on any atom is -0.383 e. The van der Waals surface area contributed by atoms with E-state index in [1.165, 1.54) is 12.8 Å². The molecule has 0 saturated heterocycles. The van der Waals surface area contributed by atoms with Crippen LogP contribution in [0.25, 0.3) is 0 Å². The Hall–Kier alpha value is -1.56. The lowest BCUT2D eigenvalue weighted by atomic mass is 10.3. The first-order valence-corrected chi connectivity index (χ1v) is 7.18. The largest absolute Gasteiger partial charge is 0.383 e. The SMILES string of the molecule is Cc1cc(Sc2nc(C3CC3)nc(N)c2C)n(C)n1. The number of nitrogens with two attached hydrogens (primary N) is 1. The molecule has 0 bridgehead atoms. The molecule has 0 atom stereocenters. The van der Waals surface area contributed by atoms with Crippen molar-refractivity contribution < 1.29 is 0 Å². The van der Waals surface area contributed by atoms with E-state index in [0.29, 0.717) is 11.7 Å². The van der Waals surface area contributed by atoms with Crippen molar-refractivity contribution in [1.82, 2.24) is 19.7 Å². The van der Waals surface area contributed by atoms with Gasteiger partial charge >= 0.3 is 0 Å². The van der Waals surface area contributed by atoms with Gasteiger partial charge in [-0.25, -0.2) is 9.97 Å². The number of anilines is 1. The summed E-state index contributed by atoms with van der Waals surface area (Å²) >= 11 is 1.60. The molecular formula is C13H17N5S. The molecule has 0 aliphatic heterocycles. The van der Waals surface area contributed by atoms with Gasteiger partial charge in [0.1, 0.15) is 21.7 Å². The highest BCUT2D eigenvalue weighted by Gasteiger charge is 2.28. The average molecular weight is 275 g/mol. The normalized spacial score (nSPS) is 14.9. The summed E-state index contributed by atoms with van der Waals surface area (Å²) in [4.78, 5) is 9.07. The summed E-state index contributed by atoms with van der Waals surface area (Å²) in [6.45, 7) is 3.96. The number of hydrogen-bond acceptors (Lipinski definition) is 5.